The minimum absolute atomic E-state index is 0.106. The Morgan fingerprint density at radius 2 is 2.08 bits per heavy atom. The molecule has 0 fully saturated rings. The first-order valence-electron chi connectivity index (χ1n) is 8.21. The Kier molecular flexibility index (Phi) is 6.49. The average molecular weight is 333 g/mol. The molecule has 6 heteroatoms. The van der Waals surface area contributed by atoms with Gasteiger partial charge in [-0.25, -0.2) is 9.07 Å². The highest BCUT2D eigenvalue weighted by Gasteiger charge is 2.15. The zero-order chi connectivity index (χ0) is 17.5. The van der Waals surface area contributed by atoms with E-state index < -0.39 is 5.82 Å². The van der Waals surface area contributed by atoms with E-state index in [4.69, 9.17) is 5.11 Å². The Labute approximate surface area is 141 Å². The van der Waals surface area contributed by atoms with Crippen LogP contribution in [-0.2, 0) is 0 Å². The van der Waals surface area contributed by atoms with Crippen LogP contribution >= 0.6 is 0 Å². The molecule has 0 saturated heterocycles. The second kappa shape index (κ2) is 8.59. The quantitative estimate of drug-likeness (QED) is 0.780. The molecule has 1 unspecified atom stereocenters. The first kappa shape index (κ1) is 18.1. The number of hydrogen-bond acceptors (Lipinski definition) is 3. The lowest BCUT2D eigenvalue weighted by molar-refractivity contribution is 0.0936. The summed E-state index contributed by atoms with van der Waals surface area (Å²) in [5.41, 5.74) is 0.542. The highest BCUT2D eigenvalue weighted by Crippen LogP contribution is 2.15. The number of nitrogens with zero attached hydrogens (tertiary/aromatic N) is 2. The van der Waals surface area contributed by atoms with Crippen LogP contribution in [0.2, 0.25) is 0 Å². The molecule has 24 heavy (non-hydrogen) atoms. The molecule has 0 aliphatic carbocycles. The van der Waals surface area contributed by atoms with Crippen LogP contribution in [0, 0.1) is 17.7 Å². The zero-order valence-corrected chi connectivity index (χ0v) is 14.1. The molecule has 2 N–H and O–H groups in total. The summed E-state index contributed by atoms with van der Waals surface area (Å²) in [6.45, 7) is 4.82. The van der Waals surface area contributed by atoms with Crippen LogP contribution in [0.1, 0.15) is 37.2 Å². The number of para-hydroxylation sites is 1. The summed E-state index contributed by atoms with van der Waals surface area (Å²) in [7, 11) is 0. The Morgan fingerprint density at radius 3 is 2.75 bits per heavy atom. The lowest BCUT2D eigenvalue weighted by Gasteiger charge is -2.18. The third-order valence-corrected chi connectivity index (χ3v) is 3.81. The van der Waals surface area contributed by atoms with Gasteiger partial charge < -0.3 is 10.4 Å². The molecular formula is C18H24FN3O2. The third kappa shape index (κ3) is 4.89. The predicted molar refractivity (Wildman–Crippen MR) is 90.5 cm³/mol. The van der Waals surface area contributed by atoms with Gasteiger partial charge in [0.25, 0.3) is 5.91 Å². The highest BCUT2D eigenvalue weighted by atomic mass is 19.1. The van der Waals surface area contributed by atoms with E-state index in [1.165, 1.54) is 10.7 Å². The van der Waals surface area contributed by atoms with E-state index in [1.54, 1.807) is 30.5 Å². The summed E-state index contributed by atoms with van der Waals surface area (Å²) in [6, 6.07) is 7.83. The van der Waals surface area contributed by atoms with Gasteiger partial charge in [0.1, 0.15) is 11.5 Å². The second-order valence-electron chi connectivity index (χ2n) is 6.31. The molecular weight excluding hydrogens is 309 g/mol. The number of aliphatic hydroxyl groups is 1. The van der Waals surface area contributed by atoms with Crippen LogP contribution in [0.25, 0.3) is 5.69 Å². The topological polar surface area (TPSA) is 67.2 Å². The summed E-state index contributed by atoms with van der Waals surface area (Å²) >= 11 is 0. The molecule has 1 aromatic carbocycles. The third-order valence-electron chi connectivity index (χ3n) is 3.81. The molecule has 0 aliphatic heterocycles. The number of carbonyl (C=O) groups is 1. The van der Waals surface area contributed by atoms with Crippen LogP contribution in [-0.4, -0.2) is 33.9 Å². The molecule has 2 aromatic rings. The molecule has 1 aromatic heterocycles. The van der Waals surface area contributed by atoms with Crippen molar-refractivity contribution in [2.24, 2.45) is 11.8 Å². The molecule has 130 valence electrons. The fraction of sp³-hybridized carbons (Fsp3) is 0.444. The van der Waals surface area contributed by atoms with E-state index in [-0.39, 0.29) is 24.1 Å². The summed E-state index contributed by atoms with van der Waals surface area (Å²) in [4.78, 5) is 12.2. The molecule has 0 radical (unpaired) electrons. The maximum Gasteiger partial charge on any atom is 0.271 e. The van der Waals surface area contributed by atoms with Crippen molar-refractivity contribution in [2.45, 2.75) is 26.7 Å². The Morgan fingerprint density at radius 1 is 1.33 bits per heavy atom. The number of carbonyl (C=O) groups excluding carboxylic acids is 1. The van der Waals surface area contributed by atoms with E-state index in [0.717, 1.165) is 6.42 Å². The molecule has 1 atom stereocenters. The van der Waals surface area contributed by atoms with Crippen LogP contribution < -0.4 is 5.32 Å². The van der Waals surface area contributed by atoms with E-state index >= 15 is 0 Å². The number of nitrogens with one attached hydrogen (secondary N) is 1. The fourth-order valence-corrected chi connectivity index (χ4v) is 2.70. The van der Waals surface area contributed by atoms with Crippen LogP contribution in [0.15, 0.2) is 36.5 Å². The molecule has 0 saturated carbocycles. The van der Waals surface area contributed by atoms with Gasteiger partial charge in [0, 0.05) is 19.3 Å². The first-order chi connectivity index (χ1) is 11.5. The van der Waals surface area contributed by atoms with Crippen molar-refractivity contribution in [1.82, 2.24) is 15.1 Å². The van der Waals surface area contributed by atoms with Gasteiger partial charge in [0.15, 0.2) is 5.69 Å². The number of hydrogen-bond donors (Lipinski definition) is 2. The maximum atomic E-state index is 13.8. The predicted octanol–water partition coefficient (Wildman–Crippen LogP) is 2.79. The lowest BCUT2D eigenvalue weighted by Crippen LogP contribution is -2.30. The van der Waals surface area contributed by atoms with Gasteiger partial charge >= 0.3 is 0 Å². The van der Waals surface area contributed by atoms with Gasteiger partial charge in [-0.15, -0.1) is 0 Å². The average Bonchev–Trinajstić information content (AvgIpc) is 3.02. The molecule has 0 spiro atoms. The largest absolute Gasteiger partial charge is 0.396 e. The normalized spacial score (nSPS) is 12.4. The van der Waals surface area contributed by atoms with Crippen LogP contribution in [0.4, 0.5) is 4.39 Å². The summed E-state index contributed by atoms with van der Waals surface area (Å²) < 4.78 is 15.1. The minimum Gasteiger partial charge on any atom is -0.396 e. The number of aliphatic hydroxyl groups excluding tert-OH is 1. The van der Waals surface area contributed by atoms with Gasteiger partial charge in [-0.1, -0.05) is 26.0 Å². The Bertz CT molecular complexity index is 670. The second-order valence-corrected chi connectivity index (χ2v) is 6.31. The molecule has 5 nitrogen and oxygen atoms in total. The monoisotopic (exact) mass is 333 g/mol. The number of benzene rings is 1. The molecule has 1 amide bonds. The Hall–Kier alpha value is -2.21. The minimum atomic E-state index is -0.396. The molecule has 2 rings (SSSR count). The van der Waals surface area contributed by atoms with E-state index in [0.29, 0.717) is 24.6 Å². The van der Waals surface area contributed by atoms with Crippen molar-refractivity contribution in [3.05, 3.63) is 48.0 Å². The standard InChI is InChI=1S/C18H24FN3O2/c1-13(2)11-14(8-10-23)12-20-18(24)16-7-9-22(21-16)17-6-4-3-5-15(17)19/h3-7,9,13-14,23H,8,10-12H2,1-2H3,(H,20,24). The summed E-state index contributed by atoms with van der Waals surface area (Å²) in [5.74, 6) is 0.0376. The van der Waals surface area contributed by atoms with E-state index in [2.05, 4.69) is 24.3 Å². The summed E-state index contributed by atoms with van der Waals surface area (Å²) in [5, 5.41) is 16.1. The van der Waals surface area contributed by atoms with Crippen molar-refractivity contribution in [3.8, 4) is 5.69 Å². The first-order valence-corrected chi connectivity index (χ1v) is 8.21. The van der Waals surface area contributed by atoms with Crippen molar-refractivity contribution in [1.29, 1.82) is 0 Å². The molecule has 0 bridgehead atoms. The number of halogens is 1. The molecule has 1 heterocycles. The van der Waals surface area contributed by atoms with Crippen molar-refractivity contribution >= 4 is 5.91 Å². The smallest absolute Gasteiger partial charge is 0.271 e. The fourth-order valence-electron chi connectivity index (χ4n) is 2.70. The van der Waals surface area contributed by atoms with Crippen LogP contribution in [0.3, 0.4) is 0 Å². The van der Waals surface area contributed by atoms with Gasteiger partial charge in [-0.3, -0.25) is 4.79 Å². The lowest BCUT2D eigenvalue weighted by atomic mass is 9.94. The zero-order valence-electron chi connectivity index (χ0n) is 14.1. The van der Waals surface area contributed by atoms with E-state index in [9.17, 15) is 9.18 Å². The SMILES string of the molecule is CC(C)CC(CCO)CNC(=O)c1ccn(-c2ccccc2F)n1. The van der Waals surface area contributed by atoms with Crippen molar-refractivity contribution < 1.29 is 14.3 Å². The van der Waals surface area contributed by atoms with Gasteiger partial charge in [-0.2, -0.15) is 5.10 Å². The Balaban J connectivity index is 1.99. The number of rotatable bonds is 8. The highest BCUT2D eigenvalue weighted by molar-refractivity contribution is 5.92. The van der Waals surface area contributed by atoms with Gasteiger partial charge in [0.05, 0.1) is 0 Å². The van der Waals surface area contributed by atoms with Gasteiger partial charge in [-0.05, 0) is 42.9 Å². The summed E-state index contributed by atoms with van der Waals surface area (Å²) in [6.07, 6.45) is 3.15. The molecule has 0 aliphatic rings. The van der Waals surface area contributed by atoms with Crippen LogP contribution in [0.5, 0.6) is 0 Å². The van der Waals surface area contributed by atoms with E-state index in [1.807, 2.05) is 0 Å². The van der Waals surface area contributed by atoms with Crippen molar-refractivity contribution in [3.63, 3.8) is 0 Å². The van der Waals surface area contributed by atoms with Gasteiger partial charge in [0.2, 0.25) is 0 Å². The number of aromatic nitrogens is 2. The van der Waals surface area contributed by atoms with Crippen molar-refractivity contribution in [2.75, 3.05) is 13.2 Å². The maximum absolute atomic E-state index is 13.8. The number of amides is 1.